The normalized spacial score (nSPS) is 11.9. The molecule has 0 amide bonds. The van der Waals surface area contributed by atoms with E-state index in [1.807, 2.05) is 6.92 Å². The zero-order valence-electron chi connectivity index (χ0n) is 11.0. The van der Waals surface area contributed by atoms with Gasteiger partial charge in [-0.1, -0.05) is 6.92 Å². The van der Waals surface area contributed by atoms with Gasteiger partial charge in [0.15, 0.2) is 0 Å². The molecule has 0 spiro atoms. The van der Waals surface area contributed by atoms with Crippen molar-refractivity contribution in [1.29, 1.82) is 0 Å². The Morgan fingerprint density at radius 3 is 2.41 bits per heavy atom. The summed E-state index contributed by atoms with van der Waals surface area (Å²) in [5.74, 6) is -0.518. The Morgan fingerprint density at radius 2 is 1.82 bits per heavy atom. The highest BCUT2D eigenvalue weighted by Crippen LogP contribution is 1.97. The van der Waals surface area contributed by atoms with Gasteiger partial charge in [0.05, 0.1) is 19.1 Å². The monoisotopic (exact) mass is 245 g/mol. The second-order valence-electron chi connectivity index (χ2n) is 3.77. The van der Waals surface area contributed by atoms with Gasteiger partial charge in [-0.15, -0.1) is 0 Å². The molecule has 0 aliphatic carbocycles. The molecule has 5 heteroatoms. The summed E-state index contributed by atoms with van der Waals surface area (Å²) in [4.78, 5) is 22.3. The standard InChI is InChI=1S/C12H23NO4/c1-4-16-11(14)7-6-8-13-9-10(3)12(15)17-5-2/h10,13H,4-9H2,1-3H3. The summed E-state index contributed by atoms with van der Waals surface area (Å²) < 4.78 is 9.68. The Hall–Kier alpha value is -1.10. The highest BCUT2D eigenvalue weighted by atomic mass is 16.5. The topological polar surface area (TPSA) is 64.6 Å². The smallest absolute Gasteiger partial charge is 0.309 e. The first-order valence-corrected chi connectivity index (χ1v) is 6.14. The van der Waals surface area contributed by atoms with Crippen LogP contribution in [-0.2, 0) is 19.1 Å². The summed E-state index contributed by atoms with van der Waals surface area (Å²) in [5, 5.41) is 3.11. The van der Waals surface area contributed by atoms with Gasteiger partial charge < -0.3 is 14.8 Å². The van der Waals surface area contributed by atoms with Crippen molar-refractivity contribution in [1.82, 2.24) is 5.32 Å². The fourth-order valence-corrected chi connectivity index (χ4v) is 1.28. The minimum Gasteiger partial charge on any atom is -0.466 e. The van der Waals surface area contributed by atoms with Crippen molar-refractivity contribution in [2.24, 2.45) is 5.92 Å². The van der Waals surface area contributed by atoms with Crippen LogP contribution in [0.3, 0.4) is 0 Å². The van der Waals surface area contributed by atoms with Gasteiger partial charge in [-0.25, -0.2) is 0 Å². The third kappa shape index (κ3) is 8.68. The van der Waals surface area contributed by atoms with Crippen LogP contribution in [0.15, 0.2) is 0 Å². The van der Waals surface area contributed by atoms with Crippen molar-refractivity contribution < 1.29 is 19.1 Å². The van der Waals surface area contributed by atoms with Crippen molar-refractivity contribution in [3.05, 3.63) is 0 Å². The van der Waals surface area contributed by atoms with Gasteiger partial charge in [0, 0.05) is 13.0 Å². The number of rotatable bonds is 9. The molecule has 1 N–H and O–H groups in total. The molecule has 1 atom stereocenters. The second kappa shape index (κ2) is 10.1. The van der Waals surface area contributed by atoms with Crippen LogP contribution < -0.4 is 5.32 Å². The molecule has 0 heterocycles. The molecular formula is C12H23NO4. The Labute approximate surface area is 103 Å². The van der Waals surface area contributed by atoms with Crippen LogP contribution in [0.2, 0.25) is 0 Å². The van der Waals surface area contributed by atoms with E-state index < -0.39 is 0 Å². The molecule has 5 nitrogen and oxygen atoms in total. The summed E-state index contributed by atoms with van der Waals surface area (Å²) in [6.07, 6.45) is 1.13. The molecule has 0 aromatic carbocycles. The number of ether oxygens (including phenoxy) is 2. The van der Waals surface area contributed by atoms with Crippen LogP contribution in [-0.4, -0.2) is 38.2 Å². The molecule has 0 bridgehead atoms. The van der Waals surface area contributed by atoms with Gasteiger partial charge >= 0.3 is 11.9 Å². The van der Waals surface area contributed by atoms with E-state index in [2.05, 4.69) is 5.32 Å². The van der Waals surface area contributed by atoms with Gasteiger partial charge in [0.25, 0.3) is 0 Å². The molecular weight excluding hydrogens is 222 g/mol. The summed E-state index contributed by atoms with van der Waals surface area (Å²) in [7, 11) is 0. The molecule has 0 aromatic rings. The molecule has 0 fully saturated rings. The van der Waals surface area contributed by atoms with E-state index in [0.29, 0.717) is 39.1 Å². The van der Waals surface area contributed by atoms with Crippen LogP contribution in [0.1, 0.15) is 33.6 Å². The maximum Gasteiger partial charge on any atom is 0.309 e. The number of hydrogen-bond donors (Lipinski definition) is 1. The Morgan fingerprint density at radius 1 is 1.18 bits per heavy atom. The molecule has 0 aromatic heterocycles. The van der Waals surface area contributed by atoms with Crippen molar-refractivity contribution >= 4 is 11.9 Å². The molecule has 0 aliphatic heterocycles. The predicted molar refractivity (Wildman–Crippen MR) is 64.5 cm³/mol. The Bertz CT molecular complexity index is 231. The quantitative estimate of drug-likeness (QED) is 0.487. The summed E-state index contributed by atoms with van der Waals surface area (Å²) in [6, 6.07) is 0. The number of carbonyl (C=O) groups is 2. The lowest BCUT2D eigenvalue weighted by Crippen LogP contribution is -2.28. The van der Waals surface area contributed by atoms with Gasteiger partial charge in [-0.05, 0) is 26.8 Å². The van der Waals surface area contributed by atoms with E-state index in [-0.39, 0.29) is 17.9 Å². The minimum atomic E-state index is -0.189. The lowest BCUT2D eigenvalue weighted by molar-refractivity contribution is -0.147. The number of carbonyl (C=O) groups excluding carboxylic acids is 2. The average molecular weight is 245 g/mol. The van der Waals surface area contributed by atoms with Crippen LogP contribution in [0.5, 0.6) is 0 Å². The number of nitrogens with one attached hydrogen (secondary N) is 1. The van der Waals surface area contributed by atoms with E-state index in [9.17, 15) is 9.59 Å². The zero-order valence-corrected chi connectivity index (χ0v) is 11.0. The van der Waals surface area contributed by atoms with Crippen LogP contribution >= 0.6 is 0 Å². The molecule has 0 saturated carbocycles. The van der Waals surface area contributed by atoms with E-state index in [0.717, 1.165) is 0 Å². The minimum absolute atomic E-state index is 0.155. The zero-order chi connectivity index (χ0) is 13.1. The second-order valence-corrected chi connectivity index (χ2v) is 3.77. The van der Waals surface area contributed by atoms with Crippen molar-refractivity contribution in [2.75, 3.05) is 26.3 Å². The van der Waals surface area contributed by atoms with Crippen molar-refractivity contribution in [3.8, 4) is 0 Å². The highest BCUT2D eigenvalue weighted by molar-refractivity contribution is 5.72. The van der Waals surface area contributed by atoms with Gasteiger partial charge in [-0.2, -0.15) is 0 Å². The van der Waals surface area contributed by atoms with Crippen molar-refractivity contribution in [3.63, 3.8) is 0 Å². The highest BCUT2D eigenvalue weighted by Gasteiger charge is 2.12. The van der Waals surface area contributed by atoms with Crippen LogP contribution in [0.25, 0.3) is 0 Å². The fraction of sp³-hybridized carbons (Fsp3) is 0.833. The molecule has 17 heavy (non-hydrogen) atoms. The third-order valence-electron chi connectivity index (χ3n) is 2.18. The first kappa shape index (κ1) is 15.9. The summed E-state index contributed by atoms with van der Waals surface area (Å²) in [5.41, 5.74) is 0. The first-order chi connectivity index (χ1) is 8.11. The molecule has 1 unspecified atom stereocenters. The molecule has 0 saturated heterocycles. The Kier molecular flexibility index (Phi) is 9.43. The van der Waals surface area contributed by atoms with E-state index in [4.69, 9.17) is 9.47 Å². The fourth-order valence-electron chi connectivity index (χ4n) is 1.28. The van der Waals surface area contributed by atoms with Crippen LogP contribution in [0, 0.1) is 5.92 Å². The van der Waals surface area contributed by atoms with Gasteiger partial charge in [-0.3, -0.25) is 9.59 Å². The lowest BCUT2D eigenvalue weighted by Gasteiger charge is -2.11. The lowest BCUT2D eigenvalue weighted by atomic mass is 10.2. The van der Waals surface area contributed by atoms with E-state index in [1.165, 1.54) is 0 Å². The molecule has 0 radical (unpaired) electrons. The Balaban J connectivity index is 3.45. The molecule has 100 valence electrons. The maximum absolute atomic E-state index is 11.3. The summed E-state index contributed by atoms with van der Waals surface area (Å²) in [6.45, 7) is 7.49. The van der Waals surface area contributed by atoms with E-state index in [1.54, 1.807) is 13.8 Å². The van der Waals surface area contributed by atoms with Gasteiger partial charge in [0.2, 0.25) is 0 Å². The summed E-state index contributed by atoms with van der Waals surface area (Å²) >= 11 is 0. The largest absolute Gasteiger partial charge is 0.466 e. The number of hydrogen-bond acceptors (Lipinski definition) is 5. The van der Waals surface area contributed by atoms with Crippen LogP contribution in [0.4, 0.5) is 0 Å². The maximum atomic E-state index is 11.3. The number of esters is 2. The molecule has 0 rings (SSSR count). The average Bonchev–Trinajstić information content (AvgIpc) is 2.29. The molecule has 0 aliphatic rings. The SMILES string of the molecule is CCOC(=O)CCCNCC(C)C(=O)OCC. The third-order valence-corrected chi connectivity index (χ3v) is 2.18. The van der Waals surface area contributed by atoms with E-state index >= 15 is 0 Å². The van der Waals surface area contributed by atoms with Crippen molar-refractivity contribution in [2.45, 2.75) is 33.6 Å². The predicted octanol–water partition coefficient (Wildman–Crippen LogP) is 1.12. The first-order valence-electron chi connectivity index (χ1n) is 6.14. The van der Waals surface area contributed by atoms with Gasteiger partial charge in [0.1, 0.15) is 0 Å².